The molecule has 0 saturated carbocycles. The van der Waals surface area contributed by atoms with Gasteiger partial charge in [-0.15, -0.1) is 0 Å². The maximum Gasteiger partial charge on any atom is 0.257 e. The van der Waals surface area contributed by atoms with Crippen LogP contribution in [0.25, 0.3) is 22.3 Å². The summed E-state index contributed by atoms with van der Waals surface area (Å²) < 4.78 is 5.43. The van der Waals surface area contributed by atoms with Crippen molar-refractivity contribution in [1.82, 2.24) is 20.3 Å². The van der Waals surface area contributed by atoms with Crippen LogP contribution in [0.3, 0.4) is 0 Å². The van der Waals surface area contributed by atoms with Crippen molar-refractivity contribution >= 4 is 22.8 Å². The average molecular weight is 365 g/mol. The third-order valence-corrected chi connectivity index (χ3v) is 4.44. The lowest BCUT2D eigenvalue weighted by Crippen LogP contribution is -2.31. The summed E-state index contributed by atoms with van der Waals surface area (Å²) in [5.41, 5.74) is 4.73. The number of carbonyl (C=O) groups is 1. The molecule has 0 aliphatic carbocycles. The Labute approximate surface area is 157 Å². The molecular weight excluding hydrogens is 342 g/mol. The summed E-state index contributed by atoms with van der Waals surface area (Å²) >= 11 is 0. The molecule has 7 heteroatoms. The lowest BCUT2D eigenvalue weighted by atomic mass is 10.1. The Morgan fingerprint density at radius 2 is 2.00 bits per heavy atom. The number of hydrogen-bond acceptors (Lipinski definition) is 5. The van der Waals surface area contributed by atoms with E-state index in [4.69, 9.17) is 9.72 Å². The number of fused-ring (bicyclic) bond motifs is 2. The number of para-hydroxylation sites is 1. The number of carbonyl (C=O) groups excluding carboxylic acids is 1. The topological polar surface area (TPSA) is 91.9 Å². The number of ether oxygens (including phenoxy) is 1. The van der Waals surface area contributed by atoms with Crippen molar-refractivity contribution in [3.8, 4) is 17.1 Å². The molecule has 0 fully saturated rings. The minimum atomic E-state index is -0.186. The first-order chi connectivity index (χ1) is 12.9. The Morgan fingerprint density at radius 3 is 2.70 bits per heavy atom. The van der Waals surface area contributed by atoms with Crippen LogP contribution in [0.2, 0.25) is 0 Å². The van der Waals surface area contributed by atoms with E-state index in [2.05, 4.69) is 41.4 Å². The molecule has 1 aliphatic heterocycles. The Balaban J connectivity index is 1.89. The zero-order valence-corrected chi connectivity index (χ0v) is 15.9. The number of nitrogens with zero attached hydrogens (tertiary/aromatic N) is 2. The molecule has 27 heavy (non-hydrogen) atoms. The van der Waals surface area contributed by atoms with Gasteiger partial charge < -0.3 is 20.4 Å². The van der Waals surface area contributed by atoms with Crippen molar-refractivity contribution in [2.24, 2.45) is 0 Å². The maximum atomic E-state index is 12.1. The Morgan fingerprint density at radius 1 is 1.19 bits per heavy atom. The number of hydrogen-bond donors (Lipinski definition) is 3. The van der Waals surface area contributed by atoms with Crippen LogP contribution >= 0.6 is 0 Å². The van der Waals surface area contributed by atoms with Gasteiger partial charge in [0.05, 0.1) is 18.2 Å². The van der Waals surface area contributed by atoms with Crippen LogP contribution in [-0.2, 0) is 6.42 Å². The largest absolute Gasteiger partial charge is 0.478 e. The number of aromatic amines is 1. The molecule has 1 aromatic carbocycles. The van der Waals surface area contributed by atoms with Gasteiger partial charge in [-0.3, -0.25) is 4.79 Å². The summed E-state index contributed by atoms with van der Waals surface area (Å²) in [6, 6.07) is 7.72. The molecule has 0 radical (unpaired) electrons. The van der Waals surface area contributed by atoms with E-state index in [1.165, 1.54) is 0 Å². The first-order valence-corrected chi connectivity index (χ1v) is 8.99. The minimum Gasteiger partial charge on any atom is -0.478 e. The van der Waals surface area contributed by atoms with Crippen LogP contribution < -0.4 is 15.4 Å². The van der Waals surface area contributed by atoms with Crippen LogP contribution in [0.15, 0.2) is 24.3 Å². The molecule has 1 amide bonds. The van der Waals surface area contributed by atoms with E-state index in [9.17, 15) is 4.79 Å². The van der Waals surface area contributed by atoms with E-state index in [1.807, 2.05) is 24.3 Å². The molecule has 3 N–H and O–H groups in total. The second-order valence-electron chi connectivity index (χ2n) is 7.71. The fraction of sp³-hybridized carbons (Fsp3) is 0.350. The lowest BCUT2D eigenvalue weighted by Gasteiger charge is -2.22. The number of methoxy groups -OCH3 is 1. The molecular formula is C20H23N5O2. The summed E-state index contributed by atoms with van der Waals surface area (Å²) in [7, 11) is 1.59. The van der Waals surface area contributed by atoms with Crippen LogP contribution in [0.5, 0.6) is 5.88 Å². The van der Waals surface area contributed by atoms with Gasteiger partial charge >= 0.3 is 0 Å². The summed E-state index contributed by atoms with van der Waals surface area (Å²) in [6.07, 6.45) is 0.794. The van der Waals surface area contributed by atoms with Crippen molar-refractivity contribution in [1.29, 1.82) is 0 Å². The monoisotopic (exact) mass is 365 g/mol. The van der Waals surface area contributed by atoms with Gasteiger partial charge in [-0.1, -0.05) is 12.1 Å². The van der Waals surface area contributed by atoms with E-state index in [0.717, 1.165) is 34.4 Å². The summed E-state index contributed by atoms with van der Waals surface area (Å²) in [4.78, 5) is 24.9. The van der Waals surface area contributed by atoms with E-state index < -0.39 is 0 Å². The first-order valence-electron chi connectivity index (χ1n) is 8.99. The standard InChI is InChI=1S/C20H23N5O2/c1-20(2,3)25-17-19(27-4)23-14-7-5-6-11(16(14)24-17)15-10-12-13(22-15)8-9-21-18(12)26/h5-7,10,22H,8-9H2,1-4H3,(H,21,26)(H,24,25). The van der Waals surface area contributed by atoms with Crippen molar-refractivity contribution in [3.63, 3.8) is 0 Å². The van der Waals surface area contributed by atoms with E-state index >= 15 is 0 Å². The molecule has 0 saturated heterocycles. The Hall–Kier alpha value is -3.09. The van der Waals surface area contributed by atoms with Gasteiger partial charge in [0, 0.05) is 35.5 Å². The van der Waals surface area contributed by atoms with Crippen LogP contribution in [-0.4, -0.2) is 40.1 Å². The molecule has 3 aromatic rings. The molecule has 4 rings (SSSR count). The second-order valence-corrected chi connectivity index (χ2v) is 7.71. The van der Waals surface area contributed by atoms with Crippen molar-refractivity contribution in [3.05, 3.63) is 35.5 Å². The third kappa shape index (κ3) is 3.20. The highest BCUT2D eigenvalue weighted by Gasteiger charge is 2.22. The molecule has 0 unspecified atom stereocenters. The predicted molar refractivity (Wildman–Crippen MR) is 105 cm³/mol. The van der Waals surface area contributed by atoms with Gasteiger partial charge in [-0.25, -0.2) is 9.97 Å². The minimum absolute atomic E-state index is 0.0400. The molecule has 2 aromatic heterocycles. The van der Waals surface area contributed by atoms with Gasteiger partial charge in [0.1, 0.15) is 5.52 Å². The van der Waals surface area contributed by atoms with Gasteiger partial charge in [-0.05, 0) is 32.9 Å². The van der Waals surface area contributed by atoms with Crippen molar-refractivity contribution < 1.29 is 9.53 Å². The number of amides is 1. The van der Waals surface area contributed by atoms with Gasteiger partial charge in [0.2, 0.25) is 0 Å². The summed E-state index contributed by atoms with van der Waals surface area (Å²) in [6.45, 7) is 6.82. The van der Waals surface area contributed by atoms with Crippen LogP contribution in [0.1, 0.15) is 36.8 Å². The molecule has 0 spiro atoms. The summed E-state index contributed by atoms with van der Waals surface area (Å²) in [5.74, 6) is 1.01. The number of anilines is 1. The molecule has 140 valence electrons. The fourth-order valence-electron chi connectivity index (χ4n) is 3.30. The van der Waals surface area contributed by atoms with Gasteiger partial charge in [-0.2, -0.15) is 0 Å². The fourth-order valence-corrected chi connectivity index (χ4v) is 3.30. The third-order valence-electron chi connectivity index (χ3n) is 4.44. The quantitative estimate of drug-likeness (QED) is 0.663. The lowest BCUT2D eigenvalue weighted by molar-refractivity contribution is 0.0946. The van der Waals surface area contributed by atoms with Crippen molar-refractivity contribution in [2.75, 3.05) is 19.0 Å². The number of H-pyrrole nitrogens is 1. The van der Waals surface area contributed by atoms with E-state index in [-0.39, 0.29) is 11.4 Å². The van der Waals surface area contributed by atoms with E-state index in [1.54, 1.807) is 7.11 Å². The van der Waals surface area contributed by atoms with Crippen LogP contribution in [0.4, 0.5) is 5.82 Å². The molecule has 0 bridgehead atoms. The first kappa shape index (κ1) is 17.3. The second kappa shape index (κ2) is 6.26. The zero-order chi connectivity index (χ0) is 19.2. The molecule has 3 heterocycles. The number of nitrogens with one attached hydrogen (secondary N) is 3. The maximum absolute atomic E-state index is 12.1. The van der Waals surface area contributed by atoms with Crippen LogP contribution in [0, 0.1) is 0 Å². The smallest absolute Gasteiger partial charge is 0.257 e. The van der Waals surface area contributed by atoms with Crippen molar-refractivity contribution in [2.45, 2.75) is 32.7 Å². The highest BCUT2D eigenvalue weighted by Crippen LogP contribution is 2.32. The molecule has 1 aliphatic rings. The Bertz CT molecular complexity index is 1030. The number of rotatable bonds is 3. The normalized spacial score (nSPS) is 14.0. The Kier molecular flexibility index (Phi) is 4.02. The van der Waals surface area contributed by atoms with Gasteiger partial charge in [0.25, 0.3) is 11.8 Å². The molecule has 7 nitrogen and oxygen atoms in total. The molecule has 0 atom stereocenters. The summed E-state index contributed by atoms with van der Waals surface area (Å²) in [5, 5.41) is 6.23. The highest BCUT2D eigenvalue weighted by atomic mass is 16.5. The van der Waals surface area contributed by atoms with E-state index in [0.29, 0.717) is 23.8 Å². The highest BCUT2D eigenvalue weighted by molar-refractivity contribution is 5.99. The number of aromatic nitrogens is 3. The average Bonchev–Trinajstić information content (AvgIpc) is 3.05. The SMILES string of the molecule is COc1nc2cccc(-c3cc4c([nH]3)CCNC4=O)c2nc1NC(C)(C)C. The number of benzene rings is 1. The predicted octanol–water partition coefficient (Wildman–Crippen LogP) is 3.13. The van der Waals surface area contributed by atoms with Gasteiger partial charge in [0.15, 0.2) is 5.82 Å². The zero-order valence-electron chi connectivity index (χ0n) is 15.9.